The molecule has 0 saturated carbocycles. The molecule has 2 aromatic rings. The van der Waals surface area contributed by atoms with Gasteiger partial charge >= 0.3 is 0 Å². The summed E-state index contributed by atoms with van der Waals surface area (Å²) in [5.41, 5.74) is 2.40. The summed E-state index contributed by atoms with van der Waals surface area (Å²) in [6.45, 7) is 0.746. The van der Waals surface area contributed by atoms with Crippen LogP contribution < -0.4 is 5.32 Å². The zero-order valence-corrected chi connectivity index (χ0v) is 13.2. The minimum atomic E-state index is -0.782. The van der Waals surface area contributed by atoms with E-state index in [1.54, 1.807) is 19.2 Å². The van der Waals surface area contributed by atoms with Crippen LogP contribution in [-0.2, 0) is 11.3 Å². The van der Waals surface area contributed by atoms with Gasteiger partial charge < -0.3 is 15.2 Å². The number of benzene rings is 2. The summed E-state index contributed by atoms with van der Waals surface area (Å²) in [6.07, 6.45) is -0.782. The van der Waals surface area contributed by atoms with Gasteiger partial charge in [-0.05, 0) is 29.8 Å². The van der Waals surface area contributed by atoms with E-state index in [0.29, 0.717) is 12.2 Å². The number of anilines is 1. The van der Waals surface area contributed by atoms with E-state index in [1.807, 2.05) is 18.2 Å². The van der Waals surface area contributed by atoms with Crippen LogP contribution in [0.3, 0.4) is 0 Å². The van der Waals surface area contributed by atoms with Crippen molar-refractivity contribution in [3.05, 3.63) is 63.9 Å². The van der Waals surface area contributed by atoms with Gasteiger partial charge in [0.15, 0.2) is 0 Å². The predicted octanol–water partition coefficient (Wildman–Crippen LogP) is 3.88. The van der Waals surface area contributed by atoms with Crippen molar-refractivity contribution < 1.29 is 14.2 Å². The van der Waals surface area contributed by atoms with Crippen molar-refractivity contribution >= 4 is 21.6 Å². The number of ether oxygens (including phenoxy) is 1. The molecule has 112 valence electrons. The molecule has 1 atom stereocenters. The molecule has 2 N–H and O–H groups in total. The summed E-state index contributed by atoms with van der Waals surface area (Å²) in [4.78, 5) is 0. The highest BCUT2D eigenvalue weighted by Crippen LogP contribution is 2.26. The molecule has 0 fully saturated rings. The third kappa shape index (κ3) is 4.27. The van der Waals surface area contributed by atoms with Crippen molar-refractivity contribution in [1.29, 1.82) is 0 Å². The Morgan fingerprint density at radius 2 is 2.05 bits per heavy atom. The van der Waals surface area contributed by atoms with Crippen molar-refractivity contribution in [2.45, 2.75) is 12.7 Å². The Morgan fingerprint density at radius 1 is 1.29 bits per heavy atom. The molecule has 0 spiro atoms. The molecule has 0 aliphatic carbocycles. The number of halogens is 2. The Hall–Kier alpha value is -1.43. The maximum absolute atomic E-state index is 13.2. The standard InChI is InChI=1S/C16H17BrFNO2/c1-21-10-13-14(17)6-3-7-15(13)19-9-16(20)11-4-2-5-12(18)8-11/h2-8,16,19-20H,9-10H2,1H3. The van der Waals surface area contributed by atoms with E-state index in [0.717, 1.165) is 15.7 Å². The molecule has 0 aromatic heterocycles. The zero-order valence-electron chi connectivity index (χ0n) is 11.6. The first kappa shape index (κ1) is 15.9. The normalized spacial score (nSPS) is 12.2. The van der Waals surface area contributed by atoms with Crippen molar-refractivity contribution in [2.24, 2.45) is 0 Å². The number of methoxy groups -OCH3 is 1. The molecule has 0 amide bonds. The molecule has 0 saturated heterocycles. The van der Waals surface area contributed by atoms with Crippen LogP contribution in [0.4, 0.5) is 10.1 Å². The molecule has 0 aliphatic rings. The van der Waals surface area contributed by atoms with Gasteiger partial charge in [0.2, 0.25) is 0 Å². The highest BCUT2D eigenvalue weighted by molar-refractivity contribution is 9.10. The SMILES string of the molecule is COCc1c(Br)cccc1NCC(O)c1cccc(F)c1. The Bertz CT molecular complexity index is 607. The van der Waals surface area contributed by atoms with Gasteiger partial charge in [0.05, 0.1) is 12.7 Å². The third-order valence-corrected chi connectivity index (χ3v) is 3.87. The Morgan fingerprint density at radius 3 is 2.76 bits per heavy atom. The lowest BCUT2D eigenvalue weighted by Gasteiger charge is -2.16. The molecule has 0 bridgehead atoms. The van der Waals surface area contributed by atoms with Gasteiger partial charge in [-0.3, -0.25) is 0 Å². The minimum Gasteiger partial charge on any atom is -0.387 e. The molecule has 0 heterocycles. The molecule has 1 unspecified atom stereocenters. The smallest absolute Gasteiger partial charge is 0.123 e. The first-order chi connectivity index (χ1) is 10.1. The molecule has 0 aliphatic heterocycles. The van der Waals surface area contributed by atoms with Crippen LogP contribution in [0.25, 0.3) is 0 Å². The fourth-order valence-electron chi connectivity index (χ4n) is 2.05. The number of nitrogens with one attached hydrogen (secondary N) is 1. The topological polar surface area (TPSA) is 41.5 Å². The average Bonchev–Trinajstić information content (AvgIpc) is 2.47. The van der Waals surface area contributed by atoms with Gasteiger partial charge in [0.25, 0.3) is 0 Å². The summed E-state index contributed by atoms with van der Waals surface area (Å²) in [7, 11) is 1.63. The van der Waals surface area contributed by atoms with Crippen LogP contribution in [-0.4, -0.2) is 18.8 Å². The zero-order chi connectivity index (χ0) is 15.2. The summed E-state index contributed by atoms with van der Waals surface area (Å²) < 4.78 is 19.3. The van der Waals surface area contributed by atoms with Gasteiger partial charge in [0.1, 0.15) is 5.82 Å². The number of hydrogen-bond acceptors (Lipinski definition) is 3. The van der Waals surface area contributed by atoms with Crippen LogP contribution >= 0.6 is 15.9 Å². The second kappa shape index (κ2) is 7.54. The summed E-state index contributed by atoms with van der Waals surface area (Å²) in [5, 5.41) is 13.3. The fraction of sp³-hybridized carbons (Fsp3) is 0.250. The number of aliphatic hydroxyl groups is 1. The second-order valence-electron chi connectivity index (χ2n) is 4.65. The van der Waals surface area contributed by atoms with Crippen molar-refractivity contribution in [3.63, 3.8) is 0 Å². The fourth-order valence-corrected chi connectivity index (χ4v) is 2.53. The first-order valence-corrected chi connectivity index (χ1v) is 7.35. The van der Waals surface area contributed by atoms with Gasteiger partial charge in [0, 0.05) is 29.4 Å². The van der Waals surface area contributed by atoms with Crippen LogP contribution in [0.2, 0.25) is 0 Å². The highest BCUT2D eigenvalue weighted by Gasteiger charge is 2.11. The predicted molar refractivity (Wildman–Crippen MR) is 84.7 cm³/mol. The van der Waals surface area contributed by atoms with Crippen molar-refractivity contribution in [1.82, 2.24) is 0 Å². The Kier molecular flexibility index (Phi) is 5.73. The lowest BCUT2D eigenvalue weighted by atomic mass is 10.1. The van der Waals surface area contributed by atoms with E-state index >= 15 is 0 Å². The second-order valence-corrected chi connectivity index (χ2v) is 5.51. The molecule has 21 heavy (non-hydrogen) atoms. The van der Waals surface area contributed by atoms with Crippen molar-refractivity contribution in [2.75, 3.05) is 19.0 Å². The van der Waals surface area contributed by atoms with Crippen LogP contribution in [0, 0.1) is 5.82 Å². The quantitative estimate of drug-likeness (QED) is 0.827. The first-order valence-electron chi connectivity index (χ1n) is 6.55. The molecule has 5 heteroatoms. The summed E-state index contributed by atoms with van der Waals surface area (Å²) in [6, 6.07) is 11.7. The van der Waals surface area contributed by atoms with Crippen LogP contribution in [0.5, 0.6) is 0 Å². The molecule has 2 rings (SSSR count). The van der Waals surface area contributed by atoms with E-state index in [2.05, 4.69) is 21.2 Å². The highest BCUT2D eigenvalue weighted by atomic mass is 79.9. The van der Waals surface area contributed by atoms with E-state index in [-0.39, 0.29) is 12.4 Å². The van der Waals surface area contributed by atoms with E-state index < -0.39 is 6.10 Å². The largest absolute Gasteiger partial charge is 0.387 e. The molecular weight excluding hydrogens is 337 g/mol. The molecule has 3 nitrogen and oxygen atoms in total. The van der Waals surface area contributed by atoms with Gasteiger partial charge in [-0.25, -0.2) is 4.39 Å². The van der Waals surface area contributed by atoms with Gasteiger partial charge in [-0.15, -0.1) is 0 Å². The summed E-state index contributed by atoms with van der Waals surface area (Å²) >= 11 is 3.48. The minimum absolute atomic E-state index is 0.288. The number of rotatable bonds is 6. The van der Waals surface area contributed by atoms with Crippen LogP contribution in [0.1, 0.15) is 17.2 Å². The van der Waals surface area contributed by atoms with E-state index in [1.165, 1.54) is 12.1 Å². The van der Waals surface area contributed by atoms with Gasteiger partial charge in [-0.1, -0.05) is 34.1 Å². The lowest BCUT2D eigenvalue weighted by Crippen LogP contribution is -2.13. The van der Waals surface area contributed by atoms with E-state index in [4.69, 9.17) is 4.74 Å². The Balaban J connectivity index is 2.07. The average molecular weight is 354 g/mol. The molecular formula is C16H17BrFNO2. The monoisotopic (exact) mass is 353 g/mol. The van der Waals surface area contributed by atoms with Crippen LogP contribution in [0.15, 0.2) is 46.9 Å². The lowest BCUT2D eigenvalue weighted by molar-refractivity contribution is 0.183. The Labute approximate surface area is 131 Å². The number of hydrogen-bond donors (Lipinski definition) is 2. The van der Waals surface area contributed by atoms with Crippen molar-refractivity contribution in [3.8, 4) is 0 Å². The maximum Gasteiger partial charge on any atom is 0.123 e. The van der Waals surface area contributed by atoms with Gasteiger partial charge in [-0.2, -0.15) is 0 Å². The third-order valence-electron chi connectivity index (χ3n) is 3.13. The van der Waals surface area contributed by atoms with E-state index in [9.17, 15) is 9.50 Å². The molecule has 0 radical (unpaired) electrons. The molecule has 2 aromatic carbocycles. The maximum atomic E-state index is 13.2. The summed E-state index contributed by atoms with van der Waals surface area (Å²) in [5.74, 6) is -0.353. The number of aliphatic hydroxyl groups excluding tert-OH is 1.